The highest BCUT2D eigenvalue weighted by Crippen LogP contribution is 2.17. The molecule has 0 aliphatic rings. The van der Waals surface area contributed by atoms with Crippen LogP contribution in [0.5, 0.6) is 0 Å². The van der Waals surface area contributed by atoms with Crippen molar-refractivity contribution in [3.63, 3.8) is 0 Å². The molecule has 0 saturated heterocycles. The Bertz CT molecular complexity index is 276. The van der Waals surface area contributed by atoms with E-state index in [1.54, 1.807) is 0 Å². The summed E-state index contributed by atoms with van der Waals surface area (Å²) in [6.45, 7) is 7.84. The Labute approximate surface area is 93.9 Å². The minimum Gasteiger partial charge on any atom is -0.385 e. The number of para-hydroxylation sites is 1. The zero-order valence-electron chi connectivity index (χ0n) is 10.2. The fraction of sp³-hybridized carbons (Fsp3) is 0.571. The van der Waals surface area contributed by atoms with Gasteiger partial charge in [-0.05, 0) is 24.0 Å². The molecule has 1 rings (SSSR count). The second-order valence-corrected chi connectivity index (χ2v) is 4.07. The summed E-state index contributed by atoms with van der Waals surface area (Å²) >= 11 is 0. The van der Waals surface area contributed by atoms with Gasteiger partial charge in [-0.3, -0.25) is 0 Å². The Balaban J connectivity index is 2.56. The van der Waals surface area contributed by atoms with Gasteiger partial charge in [0.05, 0.1) is 0 Å². The molecule has 0 aliphatic carbocycles. The number of benzene rings is 1. The van der Waals surface area contributed by atoms with Crippen molar-refractivity contribution in [1.82, 2.24) is 0 Å². The Morgan fingerprint density at radius 1 is 1.07 bits per heavy atom. The van der Waals surface area contributed by atoms with Gasteiger partial charge in [0.25, 0.3) is 0 Å². The fourth-order valence-corrected chi connectivity index (χ4v) is 1.83. The first-order chi connectivity index (χ1) is 7.31. The fourth-order valence-electron chi connectivity index (χ4n) is 1.83. The topological polar surface area (TPSA) is 12.0 Å². The molecule has 1 nitrogen and oxygen atoms in total. The molecule has 0 amide bonds. The summed E-state index contributed by atoms with van der Waals surface area (Å²) in [5.41, 5.74) is 2.73. The summed E-state index contributed by atoms with van der Waals surface area (Å²) in [4.78, 5) is 0. The van der Waals surface area contributed by atoms with Crippen LogP contribution in [0.1, 0.15) is 39.2 Å². The van der Waals surface area contributed by atoms with Crippen LogP contribution in [0.25, 0.3) is 0 Å². The van der Waals surface area contributed by atoms with Crippen LogP contribution in [0.15, 0.2) is 24.3 Å². The number of rotatable bonds is 6. The second kappa shape index (κ2) is 6.49. The molecule has 1 heteroatoms. The molecule has 0 heterocycles. The molecule has 1 aromatic carbocycles. The molecule has 0 aromatic heterocycles. The van der Waals surface area contributed by atoms with Crippen LogP contribution in [0, 0.1) is 5.92 Å². The van der Waals surface area contributed by atoms with E-state index in [0.29, 0.717) is 0 Å². The van der Waals surface area contributed by atoms with Gasteiger partial charge in [-0.1, -0.05) is 51.8 Å². The summed E-state index contributed by atoms with van der Waals surface area (Å²) in [5.74, 6) is 0.801. The average Bonchev–Trinajstić information content (AvgIpc) is 2.31. The van der Waals surface area contributed by atoms with Gasteiger partial charge >= 0.3 is 0 Å². The summed E-state index contributed by atoms with van der Waals surface area (Å²) in [6.07, 6.45) is 3.63. The lowest BCUT2D eigenvalue weighted by Gasteiger charge is -2.16. The van der Waals surface area contributed by atoms with E-state index in [-0.39, 0.29) is 0 Å². The Hall–Kier alpha value is -0.980. The van der Waals surface area contributed by atoms with E-state index in [0.717, 1.165) is 18.9 Å². The number of hydrogen-bond donors (Lipinski definition) is 1. The standard InChI is InChI=1S/C14H23N/c1-4-12(5-2)11-15-14-10-8-7-9-13(14)6-3/h7-10,12,15H,4-6,11H2,1-3H3. The number of aryl methyl sites for hydroxylation is 1. The first kappa shape index (κ1) is 12.1. The normalized spacial score (nSPS) is 10.7. The zero-order valence-corrected chi connectivity index (χ0v) is 10.2. The lowest BCUT2D eigenvalue weighted by atomic mass is 10.0. The first-order valence-electron chi connectivity index (χ1n) is 6.13. The Morgan fingerprint density at radius 2 is 1.73 bits per heavy atom. The van der Waals surface area contributed by atoms with Crippen molar-refractivity contribution in [2.45, 2.75) is 40.0 Å². The molecule has 15 heavy (non-hydrogen) atoms. The molecule has 1 N–H and O–H groups in total. The third kappa shape index (κ3) is 3.58. The second-order valence-electron chi connectivity index (χ2n) is 4.07. The minimum absolute atomic E-state index is 0.801. The Morgan fingerprint density at radius 3 is 2.33 bits per heavy atom. The minimum atomic E-state index is 0.801. The van der Waals surface area contributed by atoms with Crippen LogP contribution < -0.4 is 5.32 Å². The van der Waals surface area contributed by atoms with Crippen molar-refractivity contribution in [2.75, 3.05) is 11.9 Å². The Kier molecular flexibility index (Phi) is 5.23. The van der Waals surface area contributed by atoms with Crippen molar-refractivity contribution in [3.05, 3.63) is 29.8 Å². The highest BCUT2D eigenvalue weighted by Gasteiger charge is 2.04. The van der Waals surface area contributed by atoms with Gasteiger partial charge in [0, 0.05) is 12.2 Å². The van der Waals surface area contributed by atoms with E-state index in [1.165, 1.54) is 24.1 Å². The van der Waals surface area contributed by atoms with E-state index in [4.69, 9.17) is 0 Å². The molecule has 0 radical (unpaired) electrons. The van der Waals surface area contributed by atoms with E-state index in [1.807, 2.05) is 0 Å². The molecule has 0 fully saturated rings. The SMILES string of the molecule is CCc1ccccc1NCC(CC)CC. The van der Waals surface area contributed by atoms with Gasteiger partial charge in [0.2, 0.25) is 0 Å². The van der Waals surface area contributed by atoms with Gasteiger partial charge in [0.15, 0.2) is 0 Å². The van der Waals surface area contributed by atoms with Crippen molar-refractivity contribution >= 4 is 5.69 Å². The van der Waals surface area contributed by atoms with Crippen LogP contribution in [-0.4, -0.2) is 6.54 Å². The van der Waals surface area contributed by atoms with Crippen LogP contribution in [-0.2, 0) is 6.42 Å². The molecular formula is C14H23N. The molecular weight excluding hydrogens is 182 g/mol. The monoisotopic (exact) mass is 205 g/mol. The molecule has 0 atom stereocenters. The predicted molar refractivity (Wildman–Crippen MR) is 68.4 cm³/mol. The number of nitrogens with one attached hydrogen (secondary N) is 1. The van der Waals surface area contributed by atoms with E-state index in [2.05, 4.69) is 50.4 Å². The van der Waals surface area contributed by atoms with E-state index >= 15 is 0 Å². The van der Waals surface area contributed by atoms with E-state index in [9.17, 15) is 0 Å². The van der Waals surface area contributed by atoms with Crippen molar-refractivity contribution in [1.29, 1.82) is 0 Å². The maximum absolute atomic E-state index is 3.57. The maximum atomic E-state index is 3.57. The molecule has 0 spiro atoms. The largest absolute Gasteiger partial charge is 0.385 e. The van der Waals surface area contributed by atoms with Crippen LogP contribution in [0.2, 0.25) is 0 Å². The summed E-state index contributed by atoms with van der Waals surface area (Å²) in [6, 6.07) is 8.60. The average molecular weight is 205 g/mol. The highest BCUT2D eigenvalue weighted by atomic mass is 14.9. The third-order valence-electron chi connectivity index (χ3n) is 3.13. The molecule has 84 valence electrons. The maximum Gasteiger partial charge on any atom is 0.0372 e. The predicted octanol–water partition coefficient (Wildman–Crippen LogP) is 4.10. The molecule has 0 saturated carbocycles. The van der Waals surface area contributed by atoms with Gasteiger partial charge in [-0.2, -0.15) is 0 Å². The summed E-state index contributed by atoms with van der Waals surface area (Å²) < 4.78 is 0. The van der Waals surface area contributed by atoms with Crippen LogP contribution in [0.4, 0.5) is 5.69 Å². The van der Waals surface area contributed by atoms with Crippen molar-refractivity contribution < 1.29 is 0 Å². The van der Waals surface area contributed by atoms with Gasteiger partial charge in [0.1, 0.15) is 0 Å². The molecule has 0 bridgehead atoms. The zero-order chi connectivity index (χ0) is 11.1. The molecule has 1 aromatic rings. The molecule has 0 unspecified atom stereocenters. The highest BCUT2D eigenvalue weighted by molar-refractivity contribution is 5.51. The van der Waals surface area contributed by atoms with Gasteiger partial charge in [-0.25, -0.2) is 0 Å². The summed E-state index contributed by atoms with van der Waals surface area (Å²) in [7, 11) is 0. The van der Waals surface area contributed by atoms with E-state index < -0.39 is 0 Å². The third-order valence-corrected chi connectivity index (χ3v) is 3.13. The summed E-state index contributed by atoms with van der Waals surface area (Å²) in [5, 5.41) is 3.57. The quantitative estimate of drug-likeness (QED) is 0.737. The van der Waals surface area contributed by atoms with Crippen molar-refractivity contribution in [3.8, 4) is 0 Å². The number of hydrogen-bond acceptors (Lipinski definition) is 1. The number of anilines is 1. The van der Waals surface area contributed by atoms with Crippen LogP contribution >= 0.6 is 0 Å². The first-order valence-corrected chi connectivity index (χ1v) is 6.13. The lowest BCUT2D eigenvalue weighted by Crippen LogP contribution is -2.13. The van der Waals surface area contributed by atoms with Crippen molar-refractivity contribution in [2.24, 2.45) is 5.92 Å². The van der Waals surface area contributed by atoms with Gasteiger partial charge in [-0.15, -0.1) is 0 Å². The lowest BCUT2D eigenvalue weighted by molar-refractivity contribution is 0.519. The smallest absolute Gasteiger partial charge is 0.0372 e. The van der Waals surface area contributed by atoms with Crippen LogP contribution in [0.3, 0.4) is 0 Å². The molecule has 0 aliphatic heterocycles. The van der Waals surface area contributed by atoms with Gasteiger partial charge < -0.3 is 5.32 Å².